The molecular weight excluding hydrogens is 308 g/mol. The van der Waals surface area contributed by atoms with Crippen molar-refractivity contribution in [2.24, 2.45) is 0 Å². The first kappa shape index (κ1) is 17.3. The topological polar surface area (TPSA) is 56.8 Å². The molecule has 1 aromatic carbocycles. The number of hydrogen-bond acceptors (Lipinski definition) is 4. The number of carbonyl (C=O) groups excluding carboxylic acids is 1. The second-order valence-corrected chi connectivity index (χ2v) is 4.50. The summed E-state index contributed by atoms with van der Waals surface area (Å²) in [6.07, 6.45) is -0.898. The van der Waals surface area contributed by atoms with Gasteiger partial charge in [-0.1, -0.05) is 0 Å². The largest absolute Gasteiger partial charge is 0.496 e. The van der Waals surface area contributed by atoms with E-state index >= 15 is 0 Å². The number of cyclic esters (lactones) is 1. The SMILES string of the molecule is COc1cc(C)cc(OC)c1[C@@H]1NC(=O)OCC1(F)F.Cl. The number of ether oxygens (including phenoxy) is 3. The van der Waals surface area contributed by atoms with Crippen LogP contribution in [0.3, 0.4) is 0 Å². The molecule has 0 spiro atoms. The molecule has 21 heavy (non-hydrogen) atoms. The molecule has 0 unspecified atom stereocenters. The Labute approximate surface area is 127 Å². The molecule has 8 heteroatoms. The quantitative estimate of drug-likeness (QED) is 0.929. The van der Waals surface area contributed by atoms with Gasteiger partial charge in [0, 0.05) is 0 Å². The zero-order chi connectivity index (χ0) is 14.9. The van der Waals surface area contributed by atoms with Gasteiger partial charge >= 0.3 is 12.0 Å². The molecule has 2 rings (SSSR count). The minimum absolute atomic E-state index is 0. The number of hydrogen-bond donors (Lipinski definition) is 1. The maximum absolute atomic E-state index is 14.0. The Morgan fingerprint density at radius 3 is 2.29 bits per heavy atom. The Bertz CT molecular complexity index is 514. The first-order chi connectivity index (χ1) is 9.39. The summed E-state index contributed by atoms with van der Waals surface area (Å²) in [6, 6.07) is 1.65. The monoisotopic (exact) mass is 323 g/mol. The summed E-state index contributed by atoms with van der Waals surface area (Å²) in [4.78, 5) is 11.3. The number of carbonyl (C=O) groups is 1. The third kappa shape index (κ3) is 3.29. The van der Waals surface area contributed by atoms with Crippen molar-refractivity contribution in [3.05, 3.63) is 23.3 Å². The number of nitrogens with one attached hydrogen (secondary N) is 1. The van der Waals surface area contributed by atoms with E-state index in [0.717, 1.165) is 5.56 Å². The van der Waals surface area contributed by atoms with E-state index in [1.165, 1.54) is 14.2 Å². The number of rotatable bonds is 3. The predicted molar refractivity (Wildman–Crippen MR) is 73.7 cm³/mol. The fourth-order valence-electron chi connectivity index (χ4n) is 2.15. The Hall–Kier alpha value is -1.76. The average molecular weight is 324 g/mol. The van der Waals surface area contributed by atoms with Crippen molar-refractivity contribution in [3.63, 3.8) is 0 Å². The summed E-state index contributed by atoms with van der Waals surface area (Å²) in [6.45, 7) is 0.805. The van der Waals surface area contributed by atoms with E-state index < -0.39 is 24.7 Å². The normalized spacial score (nSPS) is 19.9. The van der Waals surface area contributed by atoms with Gasteiger partial charge in [-0.15, -0.1) is 12.4 Å². The van der Waals surface area contributed by atoms with Gasteiger partial charge in [0.05, 0.1) is 19.8 Å². The molecule has 1 fully saturated rings. The first-order valence-electron chi connectivity index (χ1n) is 5.92. The van der Waals surface area contributed by atoms with Crippen LogP contribution in [0.5, 0.6) is 11.5 Å². The van der Waals surface area contributed by atoms with Gasteiger partial charge in [0.15, 0.2) is 6.61 Å². The maximum atomic E-state index is 14.0. The van der Waals surface area contributed by atoms with Crippen molar-refractivity contribution >= 4 is 18.5 Å². The van der Waals surface area contributed by atoms with Gasteiger partial charge in [0.1, 0.15) is 17.5 Å². The van der Waals surface area contributed by atoms with Crippen LogP contribution in [0.25, 0.3) is 0 Å². The summed E-state index contributed by atoms with van der Waals surface area (Å²) in [7, 11) is 2.74. The summed E-state index contributed by atoms with van der Waals surface area (Å²) in [5.74, 6) is -2.80. The smallest absolute Gasteiger partial charge is 0.408 e. The van der Waals surface area contributed by atoms with E-state index in [0.29, 0.717) is 0 Å². The molecule has 0 saturated carbocycles. The van der Waals surface area contributed by atoms with Crippen molar-refractivity contribution in [2.45, 2.75) is 18.9 Å². The molecule has 1 N–H and O–H groups in total. The number of methoxy groups -OCH3 is 2. The fraction of sp³-hybridized carbons (Fsp3) is 0.462. The van der Waals surface area contributed by atoms with Crippen molar-refractivity contribution in [2.75, 3.05) is 20.8 Å². The minimum atomic E-state index is -3.26. The predicted octanol–water partition coefficient (Wildman–Crippen LogP) is 2.85. The lowest BCUT2D eigenvalue weighted by Gasteiger charge is -2.33. The summed E-state index contributed by atoms with van der Waals surface area (Å²) >= 11 is 0. The lowest BCUT2D eigenvalue weighted by molar-refractivity contribution is -0.105. The van der Waals surface area contributed by atoms with Crippen molar-refractivity contribution in [3.8, 4) is 11.5 Å². The van der Waals surface area contributed by atoms with Crippen LogP contribution in [0.2, 0.25) is 0 Å². The van der Waals surface area contributed by atoms with Crippen LogP contribution >= 0.6 is 12.4 Å². The zero-order valence-corrected chi connectivity index (χ0v) is 12.6. The Kier molecular flexibility index (Phi) is 5.22. The van der Waals surface area contributed by atoms with Crippen LogP contribution in [0, 0.1) is 6.92 Å². The highest BCUT2D eigenvalue weighted by atomic mass is 35.5. The van der Waals surface area contributed by atoms with Crippen LogP contribution in [0.4, 0.5) is 13.6 Å². The summed E-state index contributed by atoms with van der Waals surface area (Å²) in [5, 5.41) is 2.12. The van der Waals surface area contributed by atoms with E-state index in [2.05, 4.69) is 10.1 Å². The van der Waals surface area contributed by atoms with Crippen LogP contribution < -0.4 is 14.8 Å². The van der Waals surface area contributed by atoms with Crippen molar-refractivity contribution < 1.29 is 27.8 Å². The zero-order valence-electron chi connectivity index (χ0n) is 11.7. The van der Waals surface area contributed by atoms with Gasteiger partial charge in [0.25, 0.3) is 0 Å². The van der Waals surface area contributed by atoms with E-state index in [4.69, 9.17) is 9.47 Å². The summed E-state index contributed by atoms with van der Waals surface area (Å²) in [5.41, 5.74) is 0.895. The molecule has 118 valence electrons. The van der Waals surface area contributed by atoms with Crippen LogP contribution in [-0.4, -0.2) is 32.8 Å². The molecule has 1 aromatic rings. The fourth-order valence-corrected chi connectivity index (χ4v) is 2.15. The molecule has 1 saturated heterocycles. The molecule has 0 aliphatic carbocycles. The van der Waals surface area contributed by atoms with Gasteiger partial charge in [-0.25, -0.2) is 13.6 Å². The third-order valence-corrected chi connectivity index (χ3v) is 3.06. The molecule has 1 amide bonds. The van der Waals surface area contributed by atoms with Gasteiger partial charge in [-0.2, -0.15) is 0 Å². The molecule has 1 atom stereocenters. The van der Waals surface area contributed by atoms with Gasteiger partial charge in [-0.3, -0.25) is 0 Å². The van der Waals surface area contributed by atoms with Crippen LogP contribution in [0.15, 0.2) is 12.1 Å². The molecule has 1 aliphatic heterocycles. The van der Waals surface area contributed by atoms with Crippen LogP contribution in [-0.2, 0) is 4.74 Å². The molecule has 0 aromatic heterocycles. The van der Waals surface area contributed by atoms with E-state index in [-0.39, 0.29) is 29.5 Å². The van der Waals surface area contributed by atoms with E-state index in [1.807, 2.05) is 0 Å². The molecule has 0 bridgehead atoms. The molecular formula is C13H16ClF2NO4. The van der Waals surface area contributed by atoms with Crippen molar-refractivity contribution in [1.29, 1.82) is 0 Å². The maximum Gasteiger partial charge on any atom is 0.408 e. The Morgan fingerprint density at radius 1 is 1.29 bits per heavy atom. The van der Waals surface area contributed by atoms with Gasteiger partial charge in [0.2, 0.25) is 0 Å². The number of alkyl carbamates (subject to hydrolysis) is 1. The Balaban J connectivity index is 0.00000220. The number of halogens is 3. The van der Waals surface area contributed by atoms with Gasteiger partial charge in [-0.05, 0) is 24.6 Å². The van der Waals surface area contributed by atoms with E-state index in [9.17, 15) is 13.6 Å². The minimum Gasteiger partial charge on any atom is -0.496 e. The Morgan fingerprint density at radius 2 is 1.81 bits per heavy atom. The van der Waals surface area contributed by atoms with Gasteiger partial charge < -0.3 is 19.5 Å². The molecule has 1 heterocycles. The second-order valence-electron chi connectivity index (χ2n) is 4.50. The van der Waals surface area contributed by atoms with E-state index in [1.54, 1.807) is 19.1 Å². The molecule has 0 radical (unpaired) electrons. The highest BCUT2D eigenvalue weighted by molar-refractivity contribution is 5.85. The standard InChI is InChI=1S/C13H15F2NO4.ClH/c1-7-4-8(18-2)10(9(5-7)19-3)11-13(14,15)6-20-12(17)16-11;/h4-5,11H,6H2,1-3H3,(H,16,17);1H/t11-;/m0./s1. The number of amides is 1. The number of benzene rings is 1. The van der Waals surface area contributed by atoms with Crippen LogP contribution in [0.1, 0.15) is 17.2 Å². The first-order valence-corrected chi connectivity index (χ1v) is 5.92. The number of aryl methyl sites for hydroxylation is 1. The molecule has 1 aliphatic rings. The average Bonchev–Trinajstić information content (AvgIpc) is 2.40. The lowest BCUT2D eigenvalue weighted by Crippen LogP contribution is -2.49. The summed E-state index contributed by atoms with van der Waals surface area (Å²) < 4.78 is 42.6. The molecule has 5 nitrogen and oxygen atoms in total. The number of alkyl halides is 2. The second kappa shape index (κ2) is 6.34. The third-order valence-electron chi connectivity index (χ3n) is 3.06. The highest BCUT2D eigenvalue weighted by Gasteiger charge is 2.49. The lowest BCUT2D eigenvalue weighted by atomic mass is 9.96. The van der Waals surface area contributed by atoms with Crippen molar-refractivity contribution in [1.82, 2.24) is 5.32 Å². The highest BCUT2D eigenvalue weighted by Crippen LogP contribution is 2.43.